The van der Waals surface area contributed by atoms with Crippen LogP contribution in [0.5, 0.6) is 0 Å². The van der Waals surface area contributed by atoms with Crippen molar-refractivity contribution in [2.45, 2.75) is 33.1 Å². The highest BCUT2D eigenvalue weighted by molar-refractivity contribution is 7.13. The van der Waals surface area contributed by atoms with Gasteiger partial charge >= 0.3 is 6.09 Å². The summed E-state index contributed by atoms with van der Waals surface area (Å²) in [6.45, 7) is 8.34. The van der Waals surface area contributed by atoms with Gasteiger partial charge in [0.25, 0.3) is 0 Å². The number of nitrogens with two attached hydrogens (primary N) is 1. The van der Waals surface area contributed by atoms with Crippen LogP contribution in [0, 0.1) is 5.92 Å². The van der Waals surface area contributed by atoms with Gasteiger partial charge in [-0.15, -0.1) is 17.1 Å². The number of hydrogen-bond donors (Lipinski definition) is 3. The third-order valence-corrected chi connectivity index (χ3v) is 6.44. The molecule has 3 aromatic rings. The van der Waals surface area contributed by atoms with E-state index in [-0.39, 0.29) is 0 Å². The predicted octanol–water partition coefficient (Wildman–Crippen LogP) is 8.17. The van der Waals surface area contributed by atoms with E-state index in [2.05, 4.69) is 48.1 Å². The third kappa shape index (κ3) is 7.92. The van der Waals surface area contributed by atoms with Gasteiger partial charge in [0.15, 0.2) is 0 Å². The van der Waals surface area contributed by atoms with Gasteiger partial charge in [-0.3, -0.25) is 5.32 Å². The second-order valence-corrected chi connectivity index (χ2v) is 9.31. The molecule has 1 aromatic heterocycles. The topological polar surface area (TPSA) is 76.4 Å². The Labute approximate surface area is 212 Å². The molecule has 0 spiro atoms. The van der Waals surface area contributed by atoms with Crippen LogP contribution < -0.4 is 16.4 Å². The Kier molecular flexibility index (Phi) is 9.79. The Bertz CT molecular complexity index is 1180. The van der Waals surface area contributed by atoms with Crippen LogP contribution in [0.15, 0.2) is 84.4 Å². The summed E-state index contributed by atoms with van der Waals surface area (Å²) in [6, 6.07) is 17.4. The van der Waals surface area contributed by atoms with E-state index in [9.17, 15) is 4.79 Å². The van der Waals surface area contributed by atoms with E-state index in [4.69, 9.17) is 10.5 Å². The number of carbonyl (C=O) groups excluding carboxylic acids is 1. The Morgan fingerprint density at radius 1 is 1.20 bits per heavy atom. The van der Waals surface area contributed by atoms with E-state index in [0.717, 1.165) is 36.1 Å². The molecule has 182 valence electrons. The molecule has 0 aliphatic carbocycles. The first-order chi connectivity index (χ1) is 17.0. The van der Waals surface area contributed by atoms with Crippen molar-refractivity contribution in [3.05, 3.63) is 90.0 Å². The van der Waals surface area contributed by atoms with Crippen molar-refractivity contribution in [2.75, 3.05) is 23.0 Å². The number of nitrogen functional groups attached to an aromatic ring is 1. The number of amides is 1. The largest absolute Gasteiger partial charge is 0.449 e. The quantitative estimate of drug-likeness (QED) is 0.110. The minimum Gasteiger partial charge on any atom is -0.449 e. The molecule has 0 bridgehead atoms. The van der Waals surface area contributed by atoms with Crippen molar-refractivity contribution in [2.24, 2.45) is 5.92 Å². The van der Waals surface area contributed by atoms with E-state index in [1.165, 1.54) is 4.88 Å². The molecule has 35 heavy (non-hydrogen) atoms. The molecule has 0 fully saturated rings. The first-order valence-electron chi connectivity index (χ1n) is 11.8. The summed E-state index contributed by atoms with van der Waals surface area (Å²) in [7, 11) is 0. The van der Waals surface area contributed by atoms with Crippen LogP contribution >= 0.6 is 11.3 Å². The van der Waals surface area contributed by atoms with Gasteiger partial charge in [0.05, 0.1) is 23.7 Å². The molecule has 2 aromatic carbocycles. The van der Waals surface area contributed by atoms with Gasteiger partial charge in [0.1, 0.15) is 0 Å². The Morgan fingerprint density at radius 3 is 2.69 bits per heavy atom. The molecule has 0 saturated heterocycles. The van der Waals surface area contributed by atoms with Crippen LogP contribution in [0.25, 0.3) is 16.1 Å². The highest BCUT2D eigenvalue weighted by atomic mass is 32.1. The summed E-state index contributed by atoms with van der Waals surface area (Å²) < 4.78 is 5.38. The predicted molar refractivity (Wildman–Crippen MR) is 150 cm³/mol. The van der Waals surface area contributed by atoms with Gasteiger partial charge < -0.3 is 15.8 Å². The number of hydrogen-bond acceptors (Lipinski definition) is 5. The lowest BCUT2D eigenvalue weighted by molar-refractivity contribution is 0.141. The van der Waals surface area contributed by atoms with Crippen LogP contribution in [0.3, 0.4) is 0 Å². The zero-order valence-corrected chi connectivity index (χ0v) is 21.2. The van der Waals surface area contributed by atoms with Crippen molar-refractivity contribution in [3.8, 4) is 10.4 Å². The number of allylic oxidation sites excluding steroid dienone is 2. The summed E-state index contributed by atoms with van der Waals surface area (Å²) >= 11 is 1.68. The number of carbonyl (C=O) groups is 1. The van der Waals surface area contributed by atoms with E-state index in [1.807, 2.05) is 60.8 Å². The second-order valence-electron chi connectivity index (χ2n) is 8.36. The van der Waals surface area contributed by atoms with E-state index in [1.54, 1.807) is 11.3 Å². The normalized spacial score (nSPS) is 11.6. The molecule has 0 unspecified atom stereocenters. The number of ether oxygens (including phenoxy) is 1. The minimum absolute atomic E-state index is 0.325. The molecule has 6 heteroatoms. The molecule has 0 aliphatic rings. The van der Waals surface area contributed by atoms with Gasteiger partial charge in [-0.05, 0) is 73.4 Å². The first-order valence-corrected chi connectivity index (χ1v) is 12.6. The van der Waals surface area contributed by atoms with Crippen molar-refractivity contribution < 1.29 is 9.53 Å². The molecule has 1 amide bonds. The van der Waals surface area contributed by atoms with Gasteiger partial charge in [0.2, 0.25) is 0 Å². The summed E-state index contributed by atoms with van der Waals surface area (Å²) in [5, 5.41) is 8.17. The van der Waals surface area contributed by atoms with E-state index >= 15 is 0 Å². The number of thiophene rings is 1. The van der Waals surface area contributed by atoms with Gasteiger partial charge in [0, 0.05) is 16.1 Å². The molecule has 3 rings (SSSR count). The molecule has 0 saturated carbocycles. The smallest absolute Gasteiger partial charge is 0.411 e. The third-order valence-electron chi connectivity index (χ3n) is 5.52. The van der Waals surface area contributed by atoms with Crippen molar-refractivity contribution in [1.82, 2.24) is 0 Å². The first kappa shape index (κ1) is 25.9. The van der Waals surface area contributed by atoms with E-state index < -0.39 is 6.09 Å². The van der Waals surface area contributed by atoms with Gasteiger partial charge in [-0.1, -0.05) is 49.9 Å². The van der Waals surface area contributed by atoms with Crippen molar-refractivity contribution >= 4 is 40.2 Å². The summed E-state index contributed by atoms with van der Waals surface area (Å²) in [6.07, 6.45) is 6.94. The maximum absolute atomic E-state index is 12.2. The Morgan fingerprint density at radius 2 is 2.00 bits per heavy atom. The molecular weight excluding hydrogens is 454 g/mol. The lowest BCUT2D eigenvalue weighted by Crippen LogP contribution is -2.17. The van der Waals surface area contributed by atoms with Crippen LogP contribution in [0.1, 0.15) is 38.7 Å². The molecular formula is C29H33N3O2S. The lowest BCUT2D eigenvalue weighted by atomic mass is 10.1. The highest BCUT2D eigenvalue weighted by Gasteiger charge is 2.10. The van der Waals surface area contributed by atoms with Crippen LogP contribution in [0.4, 0.5) is 21.9 Å². The Hall–Kier alpha value is -3.73. The standard InChI is InChI=1S/C29H33N3O2S/c1-4-6-7-8-10-21(3)20-34-29(33)31-24-15-12-22(13-16-24)26(5-2)32-27-19-23(14-17-25(27)30)28-11-9-18-35-28/h4,6,9,11-19,21,32H,2,7-8,10,20,30H2,1,3H3,(H,31,33)/b6-4-/t21-/m0/s1. The number of anilines is 3. The zero-order valence-electron chi connectivity index (χ0n) is 20.3. The van der Waals surface area contributed by atoms with Gasteiger partial charge in [-0.2, -0.15) is 0 Å². The zero-order chi connectivity index (χ0) is 25.0. The molecule has 0 radical (unpaired) electrons. The van der Waals surface area contributed by atoms with E-state index in [0.29, 0.717) is 29.6 Å². The monoisotopic (exact) mass is 487 g/mol. The van der Waals surface area contributed by atoms with Crippen molar-refractivity contribution in [3.63, 3.8) is 0 Å². The average Bonchev–Trinajstić information content (AvgIpc) is 3.41. The second kappa shape index (κ2) is 13.2. The number of rotatable bonds is 11. The summed E-state index contributed by atoms with van der Waals surface area (Å²) in [4.78, 5) is 13.3. The number of benzene rings is 2. The molecule has 1 atom stereocenters. The maximum atomic E-state index is 12.2. The molecule has 1 heterocycles. The molecule has 5 nitrogen and oxygen atoms in total. The highest BCUT2D eigenvalue weighted by Crippen LogP contribution is 2.32. The minimum atomic E-state index is -0.450. The molecule has 0 aliphatic heterocycles. The fourth-order valence-electron chi connectivity index (χ4n) is 3.54. The molecule has 4 N–H and O–H groups in total. The number of unbranched alkanes of at least 4 members (excludes halogenated alkanes) is 1. The Balaban J connectivity index is 1.56. The summed E-state index contributed by atoms with van der Waals surface area (Å²) in [5.41, 5.74) is 13.9. The average molecular weight is 488 g/mol. The van der Waals surface area contributed by atoms with Crippen LogP contribution in [0.2, 0.25) is 0 Å². The number of nitrogens with one attached hydrogen (secondary N) is 2. The fourth-order valence-corrected chi connectivity index (χ4v) is 4.26. The summed E-state index contributed by atoms with van der Waals surface area (Å²) in [5.74, 6) is 0.325. The van der Waals surface area contributed by atoms with Crippen LogP contribution in [-0.2, 0) is 4.74 Å². The lowest BCUT2D eigenvalue weighted by Gasteiger charge is -2.14. The van der Waals surface area contributed by atoms with Crippen LogP contribution in [-0.4, -0.2) is 12.7 Å². The SMILES string of the molecule is C=C=C(Nc1cc(-c2cccs2)ccc1N)c1ccc(NC(=O)OC[C@@H](C)CCC/C=C\C)cc1. The fraction of sp³-hybridized carbons (Fsp3) is 0.241. The van der Waals surface area contributed by atoms with Gasteiger partial charge in [-0.25, -0.2) is 4.79 Å². The maximum Gasteiger partial charge on any atom is 0.411 e. The van der Waals surface area contributed by atoms with Crippen molar-refractivity contribution in [1.29, 1.82) is 0 Å².